The van der Waals surface area contributed by atoms with Gasteiger partial charge in [0.2, 0.25) is 4.80 Å². The number of sulfonamides is 1. The molecule has 1 aromatic heterocycles. The van der Waals surface area contributed by atoms with Crippen LogP contribution in [0.15, 0.2) is 124 Å². The molecular weight excluding hydrogens is 528 g/mol. The number of hydrogen-bond donors (Lipinski definition) is 0. The number of esters is 1. The van der Waals surface area contributed by atoms with E-state index in [-0.39, 0.29) is 9.70 Å². The van der Waals surface area contributed by atoms with Crippen LogP contribution in [0.3, 0.4) is 0 Å². The molecule has 0 bridgehead atoms. The largest absolute Gasteiger partial charge is 0.423 e. The van der Waals surface area contributed by atoms with Crippen LogP contribution in [0.2, 0.25) is 5.02 Å². The van der Waals surface area contributed by atoms with E-state index in [0.717, 1.165) is 16.9 Å². The number of benzene rings is 4. The third kappa shape index (κ3) is 5.56. The highest BCUT2D eigenvalue weighted by atomic mass is 35.5. The number of carbonyl (C=O) groups is 1. The van der Waals surface area contributed by atoms with Crippen LogP contribution in [0.1, 0.15) is 10.4 Å². The lowest BCUT2D eigenvalue weighted by molar-refractivity contribution is 0.0734. The van der Waals surface area contributed by atoms with Crippen LogP contribution in [-0.4, -0.2) is 19.0 Å². The van der Waals surface area contributed by atoms with Crippen molar-refractivity contribution in [3.63, 3.8) is 0 Å². The van der Waals surface area contributed by atoms with E-state index >= 15 is 0 Å². The smallest absolute Gasteiger partial charge is 0.343 e. The molecule has 0 fully saturated rings. The molecule has 0 aliphatic rings. The van der Waals surface area contributed by atoms with Gasteiger partial charge in [-0.05, 0) is 78.4 Å². The molecule has 9 heteroatoms. The molecule has 37 heavy (non-hydrogen) atoms. The maximum absolute atomic E-state index is 13.0. The molecule has 0 amide bonds. The van der Waals surface area contributed by atoms with Gasteiger partial charge in [0, 0.05) is 16.1 Å². The summed E-state index contributed by atoms with van der Waals surface area (Å²) >= 11 is 7.12. The van der Waals surface area contributed by atoms with Gasteiger partial charge in [0.05, 0.1) is 16.2 Å². The summed E-state index contributed by atoms with van der Waals surface area (Å²) < 4.78 is 37.5. The molecule has 0 spiro atoms. The Morgan fingerprint density at radius 1 is 0.811 bits per heavy atom. The zero-order chi connectivity index (χ0) is 25.8. The Kier molecular flexibility index (Phi) is 7.05. The van der Waals surface area contributed by atoms with Gasteiger partial charge in [0.1, 0.15) is 5.75 Å². The maximum atomic E-state index is 13.0. The standard InChI is InChI=1S/C28H19ClN2O4S2/c29-22-13-17-25(18-14-22)37(33,34)30-28-31(23-9-5-2-6-10-23)26(19-36-28)20-11-15-24(16-12-20)35-27(32)21-7-3-1-4-8-21/h1-19H/b30-28+. The van der Waals surface area contributed by atoms with Gasteiger partial charge in [-0.2, -0.15) is 8.42 Å². The second-order valence-electron chi connectivity index (χ2n) is 7.87. The van der Waals surface area contributed by atoms with Crippen LogP contribution in [0.25, 0.3) is 16.9 Å². The van der Waals surface area contributed by atoms with Gasteiger partial charge < -0.3 is 4.74 Å². The van der Waals surface area contributed by atoms with Gasteiger partial charge in [-0.1, -0.05) is 48.0 Å². The van der Waals surface area contributed by atoms with Crippen LogP contribution in [0, 0.1) is 0 Å². The minimum absolute atomic E-state index is 0.0519. The van der Waals surface area contributed by atoms with E-state index in [2.05, 4.69) is 4.40 Å². The molecule has 184 valence electrons. The van der Waals surface area contributed by atoms with Gasteiger partial charge in [-0.3, -0.25) is 4.57 Å². The van der Waals surface area contributed by atoms with Crippen molar-refractivity contribution in [3.8, 4) is 22.7 Å². The highest BCUT2D eigenvalue weighted by molar-refractivity contribution is 7.90. The molecule has 0 saturated heterocycles. The Morgan fingerprint density at radius 3 is 2.08 bits per heavy atom. The Morgan fingerprint density at radius 2 is 1.43 bits per heavy atom. The quantitative estimate of drug-likeness (QED) is 0.183. The van der Waals surface area contributed by atoms with E-state index in [4.69, 9.17) is 16.3 Å². The van der Waals surface area contributed by atoms with Gasteiger partial charge >= 0.3 is 5.97 Å². The summed E-state index contributed by atoms with van der Waals surface area (Å²) in [5.41, 5.74) is 2.75. The summed E-state index contributed by atoms with van der Waals surface area (Å²) in [6, 6.07) is 31.0. The van der Waals surface area contributed by atoms with E-state index in [0.29, 0.717) is 16.3 Å². The number of para-hydroxylation sites is 1. The summed E-state index contributed by atoms with van der Waals surface area (Å²) in [5.74, 6) is -0.0500. The first-order valence-electron chi connectivity index (χ1n) is 11.1. The third-order valence-electron chi connectivity index (χ3n) is 5.40. The molecule has 4 aromatic carbocycles. The van der Waals surface area contributed by atoms with E-state index in [1.807, 2.05) is 53.9 Å². The number of thiazole rings is 1. The Bertz CT molecular complexity index is 1710. The number of aromatic nitrogens is 1. The van der Waals surface area contributed by atoms with Crippen LogP contribution >= 0.6 is 22.9 Å². The number of hydrogen-bond acceptors (Lipinski definition) is 5. The van der Waals surface area contributed by atoms with Crippen molar-refractivity contribution < 1.29 is 17.9 Å². The van der Waals surface area contributed by atoms with Gasteiger partial charge in [0.15, 0.2) is 0 Å². The SMILES string of the molecule is O=C(Oc1ccc(-c2cs/c(=N/S(=O)(=O)c3ccc(Cl)cc3)n2-c2ccccc2)cc1)c1ccccc1. The first-order valence-corrected chi connectivity index (χ1v) is 13.8. The average molecular weight is 547 g/mol. The molecule has 0 N–H and O–H groups in total. The third-order valence-corrected chi connectivity index (χ3v) is 7.88. The Labute approximate surface area is 222 Å². The molecule has 6 nitrogen and oxygen atoms in total. The summed E-state index contributed by atoms with van der Waals surface area (Å²) in [5, 5.41) is 2.28. The number of nitrogens with zero attached hydrogens (tertiary/aromatic N) is 2. The summed E-state index contributed by atoms with van der Waals surface area (Å²) in [7, 11) is -3.98. The predicted octanol–water partition coefficient (Wildman–Crippen LogP) is 6.37. The zero-order valence-corrected chi connectivity index (χ0v) is 21.6. The summed E-state index contributed by atoms with van der Waals surface area (Å²) in [4.78, 5) is 12.7. The molecule has 1 heterocycles. The fourth-order valence-electron chi connectivity index (χ4n) is 3.60. The van der Waals surface area contributed by atoms with Crippen molar-refractivity contribution in [1.82, 2.24) is 4.57 Å². The fourth-order valence-corrected chi connectivity index (χ4v) is 5.83. The Hall–Kier alpha value is -3.98. The summed E-state index contributed by atoms with van der Waals surface area (Å²) in [6.45, 7) is 0. The monoisotopic (exact) mass is 546 g/mol. The lowest BCUT2D eigenvalue weighted by Crippen LogP contribution is -2.16. The van der Waals surface area contributed by atoms with Gasteiger partial charge in [-0.25, -0.2) is 4.79 Å². The van der Waals surface area contributed by atoms with Crippen LogP contribution in [0.5, 0.6) is 5.75 Å². The summed E-state index contributed by atoms with van der Waals surface area (Å²) in [6.07, 6.45) is 0. The fraction of sp³-hybridized carbons (Fsp3) is 0. The molecule has 0 saturated carbocycles. The maximum Gasteiger partial charge on any atom is 0.343 e. The van der Waals surface area contributed by atoms with Crippen molar-refractivity contribution in [2.24, 2.45) is 4.40 Å². The minimum atomic E-state index is -3.98. The molecule has 0 atom stereocenters. The van der Waals surface area contributed by atoms with Crippen LogP contribution in [0.4, 0.5) is 0 Å². The van der Waals surface area contributed by atoms with Crippen molar-refractivity contribution in [3.05, 3.63) is 130 Å². The van der Waals surface area contributed by atoms with Gasteiger partial charge in [-0.15, -0.1) is 15.7 Å². The number of ether oxygens (including phenoxy) is 1. The average Bonchev–Trinajstić information content (AvgIpc) is 3.33. The second kappa shape index (κ2) is 10.6. The first kappa shape index (κ1) is 24.7. The van der Waals surface area contributed by atoms with Crippen molar-refractivity contribution >= 4 is 38.9 Å². The topological polar surface area (TPSA) is 77.7 Å². The minimum Gasteiger partial charge on any atom is -0.423 e. The van der Waals surface area contributed by atoms with Crippen LogP contribution < -0.4 is 9.54 Å². The molecule has 0 unspecified atom stereocenters. The predicted molar refractivity (Wildman–Crippen MR) is 145 cm³/mol. The second-order valence-corrected chi connectivity index (χ2v) is 10.8. The normalized spacial score (nSPS) is 11.9. The molecule has 0 aliphatic carbocycles. The van der Waals surface area contributed by atoms with Crippen molar-refractivity contribution in [1.29, 1.82) is 0 Å². The Balaban J connectivity index is 1.53. The molecule has 5 rings (SSSR count). The van der Waals surface area contributed by atoms with E-state index < -0.39 is 16.0 Å². The first-order chi connectivity index (χ1) is 17.9. The van der Waals surface area contributed by atoms with E-state index in [1.54, 1.807) is 41.0 Å². The number of rotatable bonds is 6. The zero-order valence-electron chi connectivity index (χ0n) is 19.2. The highest BCUT2D eigenvalue weighted by Gasteiger charge is 2.16. The molecule has 5 aromatic rings. The lowest BCUT2D eigenvalue weighted by Gasteiger charge is -2.10. The van der Waals surface area contributed by atoms with Crippen molar-refractivity contribution in [2.45, 2.75) is 4.90 Å². The van der Waals surface area contributed by atoms with E-state index in [9.17, 15) is 13.2 Å². The molecule has 0 radical (unpaired) electrons. The number of carbonyl (C=O) groups excluding carboxylic acids is 1. The lowest BCUT2D eigenvalue weighted by atomic mass is 10.1. The van der Waals surface area contributed by atoms with E-state index in [1.165, 1.54) is 35.6 Å². The molecule has 0 aliphatic heterocycles. The van der Waals surface area contributed by atoms with Gasteiger partial charge in [0.25, 0.3) is 10.0 Å². The molecular formula is C28H19ClN2O4S2. The highest BCUT2D eigenvalue weighted by Crippen LogP contribution is 2.26. The number of halogens is 1. The van der Waals surface area contributed by atoms with Crippen LogP contribution in [-0.2, 0) is 10.0 Å². The van der Waals surface area contributed by atoms with Crippen molar-refractivity contribution in [2.75, 3.05) is 0 Å².